The van der Waals surface area contributed by atoms with Gasteiger partial charge >= 0.3 is 33.6 Å². The van der Waals surface area contributed by atoms with Crippen molar-refractivity contribution in [3.05, 3.63) is 223 Å². The predicted octanol–water partition coefficient (Wildman–Crippen LogP) is 14.4. The van der Waals surface area contributed by atoms with Crippen LogP contribution in [0, 0.1) is 40.5 Å². The van der Waals surface area contributed by atoms with Crippen LogP contribution in [0.4, 0.5) is 0 Å². The van der Waals surface area contributed by atoms with Crippen LogP contribution in [0.1, 0.15) is 236 Å². The third-order valence-electron chi connectivity index (χ3n) is 19.5. The SMILES string of the molecule is CCC1=C(C)c2cc3[n-]c(cc4nc(cc5[n-]c(cc1n2)c(C)c5CCCO)C(CCCO)=C4C)c(C)c3CC.CCC1=C(C)c2cc3[n-]c(cc4nc(cc5[n-]c(cc1n2)c(C)c5CCCOCc1ccccc1)C(CCCOCc1ccccc1)=C4C)c(C)c3CC.C[CH+]C.C[CH+]C.[Cl-].[Cl-].[Co+2].[Co+2]. The number of allylic oxidation sites excluding steroid dienone is 8. The fourth-order valence-corrected chi connectivity index (χ4v) is 13.9. The third-order valence-corrected chi connectivity index (χ3v) is 19.5. The molecule has 0 aliphatic carbocycles. The van der Waals surface area contributed by atoms with Gasteiger partial charge in [0.05, 0.1) is 99.3 Å². The molecule has 12 rings (SSSR count). The summed E-state index contributed by atoms with van der Waals surface area (Å²) in [6.45, 7) is 36.9. The molecular weight excluding hydrogens is 1420 g/mol. The Morgan fingerprint density at radius 1 is 0.337 bits per heavy atom. The minimum Gasteiger partial charge on any atom is -1.00 e. The first-order chi connectivity index (χ1) is 48.5. The van der Waals surface area contributed by atoms with E-state index in [1.165, 1.54) is 77.9 Å². The molecule has 0 atom stereocenters. The van der Waals surface area contributed by atoms with Crippen molar-refractivity contribution in [3.8, 4) is 0 Å². The van der Waals surface area contributed by atoms with Gasteiger partial charge < -0.3 is 64.4 Å². The molecule has 8 aromatic rings. The average molecular weight is 1530 g/mol. The summed E-state index contributed by atoms with van der Waals surface area (Å²) in [6, 6.07) is 38.0. The number of aryl methyl sites for hydroxylation is 8. The van der Waals surface area contributed by atoms with Gasteiger partial charge in [-0.05, 0) is 188 Å². The molecule has 16 bridgehead atoms. The standard InChI is InChI=1S/C48H52N4O2.C34H40N4O2.2C3H7.2ClH.2Co/c1-7-37-31(3)41-25-42-33(5)39(21-15-23-53-29-35-17-11-9-12-18-35)47(51-42)28-48-40(22-16-24-54-30-36-19-13-10-14-20-36)34(6)44(52-48)27-46-38(8-2)32(4)43(50-46)26-45(37)49-41;1-7-23-19(3)27-15-28-21(5)25(11-9-13-39)33(37-28)18-34-26(12-10-14-40)22(6)30(38-34)17-32-24(8-2)20(4)29(36-32)16-31(23)35-27;2*1-3-2;;;;/h9-14,17-20,25-28H,7-8,15-16,21-24,29-30H2,1-6H3;15-18,39-40H,7-14H2,1-6H3;2*3H,1-2H3;2*1H;;/q2*-2;2*+1;;;2*+2/p-2. The summed E-state index contributed by atoms with van der Waals surface area (Å²) in [5.41, 5.74) is 36.8. The molecule has 2 N–H and O–H groups in total. The summed E-state index contributed by atoms with van der Waals surface area (Å²) in [5, 5.41) is 19.2. The first-order valence-corrected chi connectivity index (χ1v) is 36.5. The van der Waals surface area contributed by atoms with E-state index in [0.717, 1.165) is 176 Å². The monoisotopic (exact) mass is 1530 g/mol. The average Bonchev–Trinajstić information content (AvgIpc) is 1.63. The van der Waals surface area contributed by atoms with E-state index in [2.05, 4.69) is 180 Å². The Hall–Kier alpha value is -7.19. The normalized spacial score (nSPS) is 12.2. The maximum atomic E-state index is 9.62. The van der Waals surface area contributed by atoms with Gasteiger partial charge in [0.15, 0.2) is 0 Å². The van der Waals surface area contributed by atoms with Gasteiger partial charge in [0.1, 0.15) is 0 Å². The Labute approximate surface area is 652 Å². The van der Waals surface area contributed by atoms with Crippen LogP contribution in [0.5, 0.6) is 0 Å². The van der Waals surface area contributed by atoms with Crippen molar-refractivity contribution in [1.82, 2.24) is 39.9 Å². The molecule has 2 aromatic carbocycles. The van der Waals surface area contributed by atoms with Gasteiger partial charge in [0.2, 0.25) is 0 Å². The van der Waals surface area contributed by atoms with Gasteiger partial charge in [0.25, 0.3) is 0 Å². The number of ether oxygens (including phenoxy) is 2. The minimum atomic E-state index is 0. The molecule has 0 unspecified atom stereocenters. The largest absolute Gasteiger partial charge is 2.00 e. The maximum Gasteiger partial charge on any atom is 2.00 e. The quantitative estimate of drug-likeness (QED) is 0.0488. The Balaban J connectivity index is 0.000000347. The van der Waals surface area contributed by atoms with Crippen LogP contribution >= 0.6 is 0 Å². The van der Waals surface area contributed by atoms with Gasteiger partial charge in [-0.1, -0.05) is 181 Å². The molecule has 0 fully saturated rings. The maximum absolute atomic E-state index is 9.62. The molecule has 0 spiro atoms. The van der Waals surface area contributed by atoms with E-state index in [-0.39, 0.29) is 71.6 Å². The number of rotatable bonds is 22. The molecule has 12 nitrogen and oxygen atoms in total. The van der Waals surface area contributed by atoms with Crippen LogP contribution < -0.4 is 44.7 Å². The summed E-state index contributed by atoms with van der Waals surface area (Å²) in [6.07, 6.45) is 13.9. The van der Waals surface area contributed by atoms with Crippen LogP contribution in [-0.4, -0.2) is 56.6 Å². The van der Waals surface area contributed by atoms with Crippen LogP contribution in [0.2, 0.25) is 0 Å². The Bertz CT molecular complexity index is 4670. The predicted molar refractivity (Wildman–Crippen MR) is 419 cm³/mol. The second-order valence-corrected chi connectivity index (χ2v) is 26.5. The molecule has 104 heavy (non-hydrogen) atoms. The second kappa shape index (κ2) is 42.2. The number of halogens is 2. The summed E-state index contributed by atoms with van der Waals surface area (Å²) in [7, 11) is 0. The molecule has 4 aliphatic rings. The van der Waals surface area contributed by atoms with Crippen LogP contribution in [0.3, 0.4) is 0 Å². The molecular formula is C88H106Cl2Co2N8O4. The number of aliphatic hydroxyl groups excluding tert-OH is 2. The fourth-order valence-electron chi connectivity index (χ4n) is 13.9. The van der Waals surface area contributed by atoms with Gasteiger partial charge in [0, 0.05) is 26.4 Å². The fraction of sp³-hybridized carbons (Fsp3) is 0.386. The van der Waals surface area contributed by atoms with E-state index in [1.807, 2.05) is 52.7 Å². The zero-order valence-electron chi connectivity index (χ0n) is 64.0. The van der Waals surface area contributed by atoms with E-state index < -0.39 is 0 Å². The van der Waals surface area contributed by atoms with E-state index in [4.69, 9.17) is 49.3 Å². The van der Waals surface area contributed by atoms with Crippen LogP contribution in [0.25, 0.3) is 88.7 Å². The van der Waals surface area contributed by atoms with Crippen molar-refractivity contribution in [3.63, 3.8) is 0 Å². The van der Waals surface area contributed by atoms with Crippen molar-refractivity contribution in [1.29, 1.82) is 0 Å². The van der Waals surface area contributed by atoms with Gasteiger partial charge in [-0.2, -0.15) is 0 Å². The summed E-state index contributed by atoms with van der Waals surface area (Å²) >= 11 is 0. The number of nitrogens with zero attached hydrogens (tertiary/aromatic N) is 8. The summed E-state index contributed by atoms with van der Waals surface area (Å²) < 4.78 is 12.2. The topological polar surface area (TPSA) is 167 Å². The number of hydrogen-bond donors (Lipinski definition) is 2. The number of fused-ring (bicyclic) bond motifs is 16. The Morgan fingerprint density at radius 2 is 0.596 bits per heavy atom. The summed E-state index contributed by atoms with van der Waals surface area (Å²) in [4.78, 5) is 41.5. The van der Waals surface area contributed by atoms with Crippen molar-refractivity contribution >= 4 is 88.7 Å². The minimum absolute atomic E-state index is 0. The molecule has 10 heterocycles. The summed E-state index contributed by atoms with van der Waals surface area (Å²) in [5.74, 6) is 0. The smallest absolute Gasteiger partial charge is 1.00 e. The zero-order chi connectivity index (χ0) is 71.6. The molecule has 0 amide bonds. The van der Waals surface area contributed by atoms with Crippen molar-refractivity contribution in [2.75, 3.05) is 26.4 Å². The third kappa shape index (κ3) is 20.7. The molecule has 6 aromatic heterocycles. The molecule has 0 saturated heterocycles. The number of hydrogen-bond acceptors (Lipinski definition) is 8. The molecule has 16 heteroatoms. The molecule has 2 radical (unpaired) electrons. The van der Waals surface area contributed by atoms with Gasteiger partial charge in [-0.3, -0.25) is 0 Å². The van der Waals surface area contributed by atoms with Gasteiger partial charge in [-0.15, -0.1) is 44.1 Å². The van der Waals surface area contributed by atoms with E-state index in [0.29, 0.717) is 39.3 Å². The van der Waals surface area contributed by atoms with Crippen molar-refractivity contribution < 1.29 is 78.1 Å². The Morgan fingerprint density at radius 3 is 0.933 bits per heavy atom. The number of aromatic nitrogens is 8. The van der Waals surface area contributed by atoms with Crippen molar-refractivity contribution in [2.24, 2.45) is 0 Å². The molecule has 4 aliphatic heterocycles. The molecule has 0 saturated carbocycles. The first kappa shape index (κ1) is 87.4. The molecule has 554 valence electrons. The Kier molecular flexibility index (Phi) is 35.5. The van der Waals surface area contributed by atoms with Gasteiger partial charge in [-0.25, -0.2) is 19.9 Å². The second-order valence-electron chi connectivity index (χ2n) is 26.5. The number of aliphatic hydroxyl groups is 2. The van der Waals surface area contributed by atoms with Crippen LogP contribution in [0.15, 0.2) is 109 Å². The number of benzene rings is 2. The van der Waals surface area contributed by atoms with Crippen LogP contribution in [-0.2, 0) is 81.9 Å². The van der Waals surface area contributed by atoms with E-state index >= 15 is 0 Å². The van der Waals surface area contributed by atoms with E-state index in [9.17, 15) is 10.2 Å². The van der Waals surface area contributed by atoms with E-state index in [1.54, 1.807) is 0 Å². The van der Waals surface area contributed by atoms with Crippen molar-refractivity contribution in [2.45, 2.75) is 201 Å². The first-order valence-electron chi connectivity index (χ1n) is 36.5. The zero-order valence-corrected chi connectivity index (χ0v) is 67.6.